The van der Waals surface area contributed by atoms with E-state index in [1.54, 1.807) is 38.1 Å². The molecule has 6 nitrogen and oxygen atoms in total. The van der Waals surface area contributed by atoms with Crippen molar-refractivity contribution in [1.82, 2.24) is 0 Å². The first-order valence-corrected chi connectivity index (χ1v) is 9.97. The van der Waals surface area contributed by atoms with Crippen molar-refractivity contribution >= 4 is 11.9 Å². The van der Waals surface area contributed by atoms with E-state index in [-0.39, 0.29) is 25.6 Å². The molecule has 0 bridgehead atoms. The summed E-state index contributed by atoms with van der Waals surface area (Å²) in [6, 6.07) is 14.7. The summed E-state index contributed by atoms with van der Waals surface area (Å²) in [4.78, 5) is 25.0. The SMILES string of the molecule is Cc1ccc(COC(=O)C(O)C(O)(CC(C)C)C(=O)OCc2ccc(C)cc2)cc1. The molecule has 30 heavy (non-hydrogen) atoms. The van der Waals surface area contributed by atoms with Crippen LogP contribution in [0.5, 0.6) is 0 Å². The van der Waals surface area contributed by atoms with Gasteiger partial charge in [0.1, 0.15) is 13.2 Å². The van der Waals surface area contributed by atoms with Gasteiger partial charge in [-0.25, -0.2) is 9.59 Å². The molecule has 0 saturated heterocycles. The van der Waals surface area contributed by atoms with Crippen LogP contribution in [0.2, 0.25) is 0 Å². The van der Waals surface area contributed by atoms with Crippen molar-refractivity contribution < 1.29 is 29.3 Å². The second-order valence-corrected chi connectivity index (χ2v) is 8.08. The smallest absolute Gasteiger partial charge is 0.341 e. The van der Waals surface area contributed by atoms with Gasteiger partial charge in [0.25, 0.3) is 0 Å². The number of aliphatic hydroxyl groups is 2. The first-order valence-electron chi connectivity index (χ1n) is 9.97. The Morgan fingerprint density at radius 3 is 1.73 bits per heavy atom. The molecule has 162 valence electrons. The number of rotatable bonds is 9. The molecule has 6 heteroatoms. The number of ether oxygens (including phenoxy) is 2. The third-order valence-electron chi connectivity index (χ3n) is 4.74. The van der Waals surface area contributed by atoms with E-state index in [2.05, 4.69) is 0 Å². The highest BCUT2D eigenvalue weighted by molar-refractivity contribution is 5.89. The van der Waals surface area contributed by atoms with E-state index < -0.39 is 23.6 Å². The van der Waals surface area contributed by atoms with Crippen LogP contribution in [0.4, 0.5) is 0 Å². The second-order valence-electron chi connectivity index (χ2n) is 8.08. The van der Waals surface area contributed by atoms with Crippen molar-refractivity contribution in [3.63, 3.8) is 0 Å². The minimum Gasteiger partial charge on any atom is -0.459 e. The zero-order valence-electron chi connectivity index (χ0n) is 17.9. The Morgan fingerprint density at radius 1 is 0.867 bits per heavy atom. The molecule has 2 unspecified atom stereocenters. The van der Waals surface area contributed by atoms with E-state index >= 15 is 0 Å². The Labute approximate surface area is 177 Å². The van der Waals surface area contributed by atoms with Crippen molar-refractivity contribution in [3.05, 3.63) is 70.8 Å². The van der Waals surface area contributed by atoms with Crippen LogP contribution in [0.25, 0.3) is 0 Å². The van der Waals surface area contributed by atoms with Gasteiger partial charge in [-0.1, -0.05) is 73.5 Å². The standard InChI is InChI=1S/C24H30O6/c1-16(2)13-24(28,23(27)30-15-20-11-7-18(4)8-12-20)21(25)22(26)29-14-19-9-5-17(3)6-10-19/h5-12,16,21,25,28H,13-15H2,1-4H3. The lowest BCUT2D eigenvalue weighted by atomic mass is 9.87. The Bertz CT molecular complexity index is 841. The van der Waals surface area contributed by atoms with E-state index in [9.17, 15) is 19.8 Å². The van der Waals surface area contributed by atoms with Gasteiger partial charge in [-0.15, -0.1) is 0 Å². The van der Waals surface area contributed by atoms with E-state index in [0.717, 1.165) is 22.3 Å². The quantitative estimate of drug-likeness (QED) is 0.612. The highest BCUT2D eigenvalue weighted by Gasteiger charge is 2.49. The van der Waals surface area contributed by atoms with E-state index in [0.29, 0.717) is 0 Å². The van der Waals surface area contributed by atoms with Gasteiger partial charge in [0.15, 0.2) is 11.7 Å². The van der Waals surface area contributed by atoms with Crippen molar-refractivity contribution in [2.75, 3.05) is 0 Å². The van der Waals surface area contributed by atoms with Gasteiger partial charge in [-0.05, 0) is 37.3 Å². The molecule has 2 rings (SSSR count). The molecule has 2 aromatic rings. The molecular formula is C24H30O6. The van der Waals surface area contributed by atoms with Crippen LogP contribution in [0, 0.1) is 19.8 Å². The molecule has 2 N–H and O–H groups in total. The molecule has 0 aliphatic heterocycles. The molecule has 0 aliphatic rings. The Morgan fingerprint density at radius 2 is 1.30 bits per heavy atom. The summed E-state index contributed by atoms with van der Waals surface area (Å²) in [5.74, 6) is -2.32. The van der Waals surface area contributed by atoms with Crippen molar-refractivity contribution in [1.29, 1.82) is 0 Å². The van der Waals surface area contributed by atoms with Gasteiger partial charge < -0.3 is 19.7 Å². The molecule has 0 spiro atoms. The summed E-state index contributed by atoms with van der Waals surface area (Å²) in [6.07, 6.45) is -2.21. The molecule has 2 aromatic carbocycles. The maximum atomic E-state index is 12.7. The minimum absolute atomic E-state index is 0.0770. The van der Waals surface area contributed by atoms with Crippen LogP contribution < -0.4 is 0 Å². The number of benzene rings is 2. The molecule has 0 aliphatic carbocycles. The monoisotopic (exact) mass is 414 g/mol. The van der Waals surface area contributed by atoms with Gasteiger partial charge in [-0.2, -0.15) is 0 Å². The summed E-state index contributed by atoms with van der Waals surface area (Å²) in [5, 5.41) is 21.4. The zero-order valence-corrected chi connectivity index (χ0v) is 17.9. The number of aryl methyl sites for hydroxylation is 2. The Hall–Kier alpha value is -2.70. The molecule has 0 amide bonds. The lowest BCUT2D eigenvalue weighted by Gasteiger charge is -2.30. The van der Waals surface area contributed by atoms with Crippen LogP contribution >= 0.6 is 0 Å². The summed E-state index contributed by atoms with van der Waals surface area (Å²) >= 11 is 0. The number of carbonyl (C=O) groups is 2. The molecule has 2 atom stereocenters. The predicted octanol–water partition coefficient (Wildman–Crippen LogP) is 3.23. The minimum atomic E-state index is -2.40. The average molecular weight is 414 g/mol. The van der Waals surface area contributed by atoms with E-state index in [4.69, 9.17) is 9.47 Å². The molecule has 0 aromatic heterocycles. The topological polar surface area (TPSA) is 93.1 Å². The van der Waals surface area contributed by atoms with Gasteiger partial charge in [0.2, 0.25) is 0 Å². The number of hydrogen-bond acceptors (Lipinski definition) is 6. The molecule has 0 radical (unpaired) electrons. The number of hydrogen-bond donors (Lipinski definition) is 2. The normalized spacial score (nSPS) is 14.1. The van der Waals surface area contributed by atoms with Gasteiger partial charge in [-0.3, -0.25) is 0 Å². The zero-order chi connectivity index (χ0) is 22.3. The van der Waals surface area contributed by atoms with Crippen LogP contribution in [0.3, 0.4) is 0 Å². The van der Waals surface area contributed by atoms with Crippen molar-refractivity contribution in [2.24, 2.45) is 5.92 Å². The van der Waals surface area contributed by atoms with Gasteiger partial charge in [0.05, 0.1) is 0 Å². The third-order valence-corrected chi connectivity index (χ3v) is 4.74. The summed E-state index contributed by atoms with van der Waals surface area (Å²) in [7, 11) is 0. The van der Waals surface area contributed by atoms with Crippen LogP contribution in [-0.4, -0.2) is 33.9 Å². The van der Waals surface area contributed by atoms with E-state index in [1.165, 1.54) is 0 Å². The number of esters is 2. The summed E-state index contributed by atoms with van der Waals surface area (Å²) in [5.41, 5.74) is 1.19. The molecule has 0 heterocycles. The molecular weight excluding hydrogens is 384 g/mol. The van der Waals surface area contributed by atoms with Crippen LogP contribution in [0.15, 0.2) is 48.5 Å². The first kappa shape index (κ1) is 23.6. The molecule has 0 saturated carbocycles. The Balaban J connectivity index is 2.06. The maximum absolute atomic E-state index is 12.7. The van der Waals surface area contributed by atoms with Crippen molar-refractivity contribution in [3.8, 4) is 0 Å². The number of aliphatic hydroxyl groups excluding tert-OH is 1. The first-order chi connectivity index (χ1) is 14.1. The molecule has 0 fully saturated rings. The number of carbonyl (C=O) groups excluding carboxylic acids is 2. The van der Waals surface area contributed by atoms with Crippen molar-refractivity contribution in [2.45, 2.75) is 59.0 Å². The fourth-order valence-corrected chi connectivity index (χ4v) is 3.00. The van der Waals surface area contributed by atoms with Gasteiger partial charge >= 0.3 is 11.9 Å². The van der Waals surface area contributed by atoms with Gasteiger partial charge in [0, 0.05) is 0 Å². The second kappa shape index (κ2) is 10.4. The predicted molar refractivity (Wildman–Crippen MR) is 112 cm³/mol. The average Bonchev–Trinajstić information content (AvgIpc) is 2.71. The van der Waals surface area contributed by atoms with E-state index in [1.807, 2.05) is 38.1 Å². The lowest BCUT2D eigenvalue weighted by Crippen LogP contribution is -2.55. The summed E-state index contributed by atoms with van der Waals surface area (Å²) < 4.78 is 10.4. The summed E-state index contributed by atoms with van der Waals surface area (Å²) in [6.45, 7) is 7.26. The maximum Gasteiger partial charge on any atom is 0.341 e. The highest BCUT2D eigenvalue weighted by Crippen LogP contribution is 2.25. The highest BCUT2D eigenvalue weighted by atomic mass is 16.6. The lowest BCUT2D eigenvalue weighted by molar-refractivity contribution is -0.194. The fraction of sp³-hybridized carbons (Fsp3) is 0.417. The third kappa shape index (κ3) is 6.40. The Kier molecular flexibility index (Phi) is 8.15. The fourth-order valence-electron chi connectivity index (χ4n) is 3.00. The van der Waals surface area contributed by atoms with Crippen LogP contribution in [-0.2, 0) is 32.3 Å². The van der Waals surface area contributed by atoms with Crippen LogP contribution in [0.1, 0.15) is 42.5 Å². The largest absolute Gasteiger partial charge is 0.459 e.